The molecule has 0 unspecified atom stereocenters. The summed E-state index contributed by atoms with van der Waals surface area (Å²) in [6, 6.07) is 3.25. The Morgan fingerprint density at radius 3 is 2.69 bits per heavy atom. The summed E-state index contributed by atoms with van der Waals surface area (Å²) >= 11 is 0. The van der Waals surface area contributed by atoms with Crippen molar-refractivity contribution in [3.63, 3.8) is 0 Å². The third kappa shape index (κ3) is 2.19. The molecule has 0 amide bonds. The molecule has 1 aromatic carbocycles. The molecule has 0 aliphatic heterocycles. The van der Waals surface area contributed by atoms with E-state index in [9.17, 15) is 4.39 Å². The van der Waals surface area contributed by atoms with E-state index in [0.29, 0.717) is 5.75 Å². The van der Waals surface area contributed by atoms with Gasteiger partial charge in [-0.2, -0.15) is 0 Å². The van der Waals surface area contributed by atoms with E-state index in [0.717, 1.165) is 36.8 Å². The largest absolute Gasteiger partial charge is 0.493 e. The number of methoxy groups -OCH3 is 1. The van der Waals surface area contributed by atoms with Crippen LogP contribution in [0.2, 0.25) is 0 Å². The minimum atomic E-state index is -0.287. The highest BCUT2D eigenvalue weighted by Crippen LogP contribution is 2.38. The van der Waals surface area contributed by atoms with Crippen molar-refractivity contribution in [2.24, 2.45) is 5.73 Å². The molecule has 1 aromatic rings. The predicted molar refractivity (Wildman–Crippen MR) is 62.2 cm³/mol. The van der Waals surface area contributed by atoms with Crippen LogP contribution in [0.15, 0.2) is 12.1 Å². The van der Waals surface area contributed by atoms with E-state index < -0.39 is 0 Å². The number of benzene rings is 1. The van der Waals surface area contributed by atoms with E-state index in [1.807, 2.05) is 6.92 Å². The number of halogens is 1. The second-order valence-electron chi connectivity index (χ2n) is 4.74. The Balaban J connectivity index is 2.20. The van der Waals surface area contributed by atoms with Gasteiger partial charge < -0.3 is 10.5 Å². The molecule has 0 heterocycles. The molecule has 0 radical (unpaired) electrons. The number of ether oxygens (including phenoxy) is 1. The molecule has 88 valence electrons. The first kappa shape index (κ1) is 11.4. The maximum atomic E-state index is 13.5. The van der Waals surface area contributed by atoms with Crippen LogP contribution in [0, 0.1) is 12.7 Å². The highest BCUT2D eigenvalue weighted by molar-refractivity contribution is 5.41. The topological polar surface area (TPSA) is 35.2 Å². The van der Waals surface area contributed by atoms with Gasteiger partial charge in [0.2, 0.25) is 0 Å². The standard InChI is InChI=1S/C13H18FNO/c1-9-3-4-11(14)12(16-2)10(9)5-6-13(15)7-8-13/h3-4H,5-8,15H2,1-2H3. The molecule has 0 spiro atoms. The normalized spacial score (nSPS) is 17.2. The average molecular weight is 223 g/mol. The van der Waals surface area contributed by atoms with Gasteiger partial charge in [-0.25, -0.2) is 4.39 Å². The molecule has 1 aliphatic carbocycles. The molecule has 1 aliphatic rings. The van der Waals surface area contributed by atoms with E-state index >= 15 is 0 Å². The van der Waals surface area contributed by atoms with Crippen LogP contribution in [0.4, 0.5) is 4.39 Å². The number of rotatable bonds is 4. The number of hydrogen-bond donors (Lipinski definition) is 1. The number of hydrogen-bond acceptors (Lipinski definition) is 2. The Morgan fingerprint density at radius 2 is 2.12 bits per heavy atom. The number of aryl methyl sites for hydroxylation is 1. The molecule has 3 heteroatoms. The zero-order valence-corrected chi connectivity index (χ0v) is 9.85. The summed E-state index contributed by atoms with van der Waals surface area (Å²) in [6.07, 6.45) is 3.88. The Morgan fingerprint density at radius 1 is 1.44 bits per heavy atom. The molecule has 0 saturated heterocycles. The van der Waals surface area contributed by atoms with Gasteiger partial charge in [-0.15, -0.1) is 0 Å². The molecule has 0 aromatic heterocycles. The fourth-order valence-corrected chi connectivity index (χ4v) is 2.01. The van der Waals surface area contributed by atoms with Crippen LogP contribution in [-0.2, 0) is 6.42 Å². The van der Waals surface area contributed by atoms with Crippen LogP contribution >= 0.6 is 0 Å². The molecular weight excluding hydrogens is 205 g/mol. The summed E-state index contributed by atoms with van der Waals surface area (Å²) in [5.41, 5.74) is 8.07. The van der Waals surface area contributed by atoms with Crippen molar-refractivity contribution in [2.75, 3.05) is 7.11 Å². The highest BCUT2D eigenvalue weighted by Gasteiger charge is 2.37. The molecule has 16 heavy (non-hydrogen) atoms. The Bertz CT molecular complexity index is 399. The van der Waals surface area contributed by atoms with Crippen molar-refractivity contribution in [3.8, 4) is 5.75 Å². The predicted octanol–water partition coefficient (Wildman–Crippen LogP) is 2.57. The SMILES string of the molecule is COc1c(F)ccc(C)c1CCC1(N)CC1. The van der Waals surface area contributed by atoms with E-state index in [1.54, 1.807) is 6.07 Å². The minimum absolute atomic E-state index is 0.00374. The molecular formula is C13H18FNO. The summed E-state index contributed by atoms with van der Waals surface area (Å²) in [6.45, 7) is 1.98. The fourth-order valence-electron chi connectivity index (χ4n) is 2.01. The third-order valence-electron chi connectivity index (χ3n) is 3.42. The first-order valence-electron chi connectivity index (χ1n) is 5.66. The molecule has 2 N–H and O–H groups in total. The second-order valence-corrected chi connectivity index (χ2v) is 4.74. The second kappa shape index (κ2) is 4.06. The lowest BCUT2D eigenvalue weighted by molar-refractivity contribution is 0.379. The van der Waals surface area contributed by atoms with Crippen molar-refractivity contribution >= 4 is 0 Å². The number of nitrogens with two attached hydrogens (primary N) is 1. The van der Waals surface area contributed by atoms with Gasteiger partial charge in [0, 0.05) is 11.1 Å². The van der Waals surface area contributed by atoms with Gasteiger partial charge in [0.1, 0.15) is 0 Å². The first-order chi connectivity index (χ1) is 7.56. The van der Waals surface area contributed by atoms with E-state index in [-0.39, 0.29) is 11.4 Å². The Kier molecular flexibility index (Phi) is 2.89. The first-order valence-corrected chi connectivity index (χ1v) is 5.66. The van der Waals surface area contributed by atoms with Crippen LogP contribution < -0.4 is 10.5 Å². The van der Waals surface area contributed by atoms with Crippen LogP contribution in [0.1, 0.15) is 30.4 Å². The fraction of sp³-hybridized carbons (Fsp3) is 0.538. The summed E-state index contributed by atoms with van der Waals surface area (Å²) in [5, 5.41) is 0. The van der Waals surface area contributed by atoms with Gasteiger partial charge in [-0.3, -0.25) is 0 Å². The zero-order valence-electron chi connectivity index (χ0n) is 9.85. The maximum absolute atomic E-state index is 13.5. The zero-order chi connectivity index (χ0) is 11.8. The van der Waals surface area contributed by atoms with Crippen LogP contribution in [0.25, 0.3) is 0 Å². The van der Waals surface area contributed by atoms with Crippen molar-refractivity contribution in [1.29, 1.82) is 0 Å². The summed E-state index contributed by atoms with van der Waals surface area (Å²) in [5.74, 6) is 0.0919. The van der Waals surface area contributed by atoms with Gasteiger partial charge in [0.25, 0.3) is 0 Å². The molecule has 0 atom stereocenters. The molecule has 2 rings (SSSR count). The molecule has 1 fully saturated rings. The van der Waals surface area contributed by atoms with E-state index in [1.165, 1.54) is 13.2 Å². The van der Waals surface area contributed by atoms with Crippen LogP contribution in [0.5, 0.6) is 5.75 Å². The van der Waals surface area contributed by atoms with Crippen LogP contribution in [-0.4, -0.2) is 12.6 Å². The smallest absolute Gasteiger partial charge is 0.165 e. The van der Waals surface area contributed by atoms with Crippen molar-refractivity contribution in [1.82, 2.24) is 0 Å². The van der Waals surface area contributed by atoms with Gasteiger partial charge in [0.05, 0.1) is 7.11 Å². The van der Waals surface area contributed by atoms with Gasteiger partial charge >= 0.3 is 0 Å². The van der Waals surface area contributed by atoms with E-state index in [4.69, 9.17) is 10.5 Å². The summed E-state index contributed by atoms with van der Waals surface area (Å²) in [4.78, 5) is 0. The van der Waals surface area contributed by atoms with Crippen molar-refractivity contribution < 1.29 is 9.13 Å². The highest BCUT2D eigenvalue weighted by atomic mass is 19.1. The third-order valence-corrected chi connectivity index (χ3v) is 3.42. The van der Waals surface area contributed by atoms with Gasteiger partial charge in [-0.1, -0.05) is 6.07 Å². The monoisotopic (exact) mass is 223 g/mol. The maximum Gasteiger partial charge on any atom is 0.165 e. The van der Waals surface area contributed by atoms with Crippen molar-refractivity contribution in [3.05, 3.63) is 29.1 Å². The lowest BCUT2D eigenvalue weighted by Gasteiger charge is -2.14. The van der Waals surface area contributed by atoms with Gasteiger partial charge in [0.15, 0.2) is 11.6 Å². The molecule has 1 saturated carbocycles. The Labute approximate surface area is 95.6 Å². The summed E-state index contributed by atoms with van der Waals surface area (Å²) < 4.78 is 18.6. The average Bonchev–Trinajstić information content (AvgIpc) is 2.98. The Hall–Kier alpha value is -1.09. The van der Waals surface area contributed by atoms with Crippen molar-refractivity contribution in [2.45, 2.75) is 38.1 Å². The lowest BCUT2D eigenvalue weighted by Crippen LogP contribution is -2.22. The van der Waals surface area contributed by atoms with Crippen LogP contribution in [0.3, 0.4) is 0 Å². The minimum Gasteiger partial charge on any atom is -0.493 e. The van der Waals surface area contributed by atoms with E-state index in [2.05, 4.69) is 0 Å². The molecule has 0 bridgehead atoms. The molecule has 2 nitrogen and oxygen atoms in total. The summed E-state index contributed by atoms with van der Waals surface area (Å²) in [7, 11) is 1.51. The lowest BCUT2D eigenvalue weighted by atomic mass is 9.99. The quantitative estimate of drug-likeness (QED) is 0.851. The van der Waals surface area contributed by atoms with Gasteiger partial charge in [-0.05, 0) is 44.2 Å².